The van der Waals surface area contributed by atoms with E-state index in [-0.39, 0.29) is 0 Å². The number of aromatic nitrogens is 2. The smallest absolute Gasteiger partial charge is 0.0547 e. The van der Waals surface area contributed by atoms with Gasteiger partial charge in [-0.05, 0) is 56.4 Å². The van der Waals surface area contributed by atoms with Crippen LogP contribution in [0.2, 0.25) is 0 Å². The Hall–Kier alpha value is -1.69. The van der Waals surface area contributed by atoms with E-state index in [2.05, 4.69) is 57.9 Å². The molecule has 5 heteroatoms. The van der Waals surface area contributed by atoms with Crippen molar-refractivity contribution in [3.05, 3.63) is 53.6 Å². The molecule has 0 aromatic carbocycles. The van der Waals surface area contributed by atoms with Crippen LogP contribution in [0, 0.1) is 12.8 Å². The molecule has 0 saturated carbocycles. The molecule has 1 saturated heterocycles. The van der Waals surface area contributed by atoms with Gasteiger partial charge >= 0.3 is 0 Å². The molecule has 0 N–H and O–H groups in total. The van der Waals surface area contributed by atoms with E-state index in [1.54, 1.807) is 0 Å². The zero-order chi connectivity index (χ0) is 18.5. The number of pyridine rings is 1. The molecule has 0 unspecified atom stereocenters. The molecule has 2 aromatic heterocycles. The summed E-state index contributed by atoms with van der Waals surface area (Å²) in [6, 6.07) is 11.2. The maximum absolute atomic E-state index is 6.04. The van der Waals surface area contributed by atoms with Crippen LogP contribution in [0.5, 0.6) is 0 Å². The van der Waals surface area contributed by atoms with Crippen LogP contribution in [-0.2, 0) is 22.6 Å². The summed E-state index contributed by atoms with van der Waals surface area (Å²) < 4.78 is 13.9. The van der Waals surface area contributed by atoms with Crippen molar-refractivity contribution in [1.82, 2.24) is 14.5 Å². The maximum Gasteiger partial charge on any atom is 0.0547 e. The summed E-state index contributed by atoms with van der Waals surface area (Å²) in [6.07, 6.45) is 5.56. The van der Waals surface area contributed by atoms with Gasteiger partial charge in [-0.1, -0.05) is 6.07 Å². The Morgan fingerprint density at radius 2 is 2.07 bits per heavy atom. The number of fused-ring (bicyclic) bond motifs is 1. The van der Waals surface area contributed by atoms with E-state index in [1.807, 2.05) is 0 Å². The Labute approximate surface area is 162 Å². The van der Waals surface area contributed by atoms with Crippen molar-refractivity contribution in [2.45, 2.75) is 45.3 Å². The highest BCUT2D eigenvalue weighted by atomic mass is 16.5. The SMILES string of the molecule is Cc1cccc(CN2Cc3cccn3[C@H](CCOCC3CCOCC3)C2)n1. The van der Waals surface area contributed by atoms with Crippen molar-refractivity contribution < 1.29 is 9.47 Å². The maximum atomic E-state index is 6.04. The van der Waals surface area contributed by atoms with Gasteiger partial charge < -0.3 is 14.0 Å². The van der Waals surface area contributed by atoms with Crippen LogP contribution in [0.3, 0.4) is 0 Å². The predicted octanol–water partition coefficient (Wildman–Crippen LogP) is 3.58. The quantitative estimate of drug-likeness (QED) is 0.700. The molecule has 146 valence electrons. The summed E-state index contributed by atoms with van der Waals surface area (Å²) in [5.41, 5.74) is 3.64. The molecule has 0 bridgehead atoms. The van der Waals surface area contributed by atoms with Crippen molar-refractivity contribution >= 4 is 0 Å². The first-order valence-corrected chi connectivity index (χ1v) is 10.2. The lowest BCUT2D eigenvalue weighted by atomic mass is 10.0. The standard InChI is InChI=1S/C22H31N3O2/c1-18-4-2-5-20(23-18)14-24-15-21-6-3-10-25(21)22(16-24)9-13-27-17-19-7-11-26-12-8-19/h2-6,10,19,22H,7-9,11-17H2,1H3/t22-/m1/s1. The molecule has 1 fully saturated rings. The van der Waals surface area contributed by atoms with E-state index >= 15 is 0 Å². The second-order valence-electron chi connectivity index (χ2n) is 7.92. The molecule has 1 atom stereocenters. The molecule has 2 aromatic rings. The zero-order valence-corrected chi connectivity index (χ0v) is 16.3. The van der Waals surface area contributed by atoms with Crippen LogP contribution < -0.4 is 0 Å². The van der Waals surface area contributed by atoms with Crippen molar-refractivity contribution in [2.75, 3.05) is 33.0 Å². The summed E-state index contributed by atoms with van der Waals surface area (Å²) in [4.78, 5) is 7.19. The number of aryl methyl sites for hydroxylation is 1. The number of nitrogens with zero attached hydrogens (tertiary/aromatic N) is 3. The minimum absolute atomic E-state index is 0.475. The molecule has 2 aliphatic heterocycles. The van der Waals surface area contributed by atoms with Crippen LogP contribution in [0.25, 0.3) is 0 Å². The van der Waals surface area contributed by atoms with Crippen LogP contribution in [0.15, 0.2) is 36.5 Å². The Morgan fingerprint density at radius 3 is 2.93 bits per heavy atom. The van der Waals surface area contributed by atoms with Crippen LogP contribution >= 0.6 is 0 Å². The lowest BCUT2D eigenvalue weighted by molar-refractivity contribution is 0.0160. The number of hydrogen-bond acceptors (Lipinski definition) is 4. The second-order valence-corrected chi connectivity index (χ2v) is 7.92. The Bertz CT molecular complexity index is 724. The third kappa shape index (κ3) is 4.98. The number of ether oxygens (including phenoxy) is 2. The predicted molar refractivity (Wildman–Crippen MR) is 106 cm³/mol. The van der Waals surface area contributed by atoms with Crippen molar-refractivity contribution in [3.8, 4) is 0 Å². The minimum atomic E-state index is 0.475. The van der Waals surface area contributed by atoms with Gasteiger partial charge in [0.05, 0.1) is 5.69 Å². The molecule has 0 aliphatic carbocycles. The number of hydrogen-bond donors (Lipinski definition) is 0. The van der Waals surface area contributed by atoms with E-state index in [0.29, 0.717) is 12.0 Å². The Kier molecular flexibility index (Phi) is 6.22. The van der Waals surface area contributed by atoms with Crippen molar-refractivity contribution in [2.24, 2.45) is 5.92 Å². The second kappa shape index (κ2) is 9.00. The van der Waals surface area contributed by atoms with Gasteiger partial charge in [0.1, 0.15) is 0 Å². The summed E-state index contributed by atoms with van der Waals surface area (Å²) in [7, 11) is 0. The van der Waals surface area contributed by atoms with Crippen LogP contribution in [-0.4, -0.2) is 47.4 Å². The van der Waals surface area contributed by atoms with Crippen LogP contribution in [0.1, 0.15) is 42.4 Å². The van der Waals surface area contributed by atoms with Gasteiger partial charge in [0.2, 0.25) is 0 Å². The van der Waals surface area contributed by atoms with E-state index in [0.717, 1.165) is 76.7 Å². The molecular formula is C22H31N3O2. The van der Waals surface area contributed by atoms with E-state index in [4.69, 9.17) is 9.47 Å². The van der Waals surface area contributed by atoms with Gasteiger partial charge in [0.15, 0.2) is 0 Å². The lowest BCUT2D eigenvalue weighted by Gasteiger charge is -2.35. The molecular weight excluding hydrogens is 338 g/mol. The average Bonchev–Trinajstić information content (AvgIpc) is 3.15. The molecule has 4 heterocycles. The summed E-state index contributed by atoms with van der Waals surface area (Å²) >= 11 is 0. The van der Waals surface area contributed by atoms with Crippen molar-refractivity contribution in [3.63, 3.8) is 0 Å². The average molecular weight is 370 g/mol. The van der Waals surface area contributed by atoms with Gasteiger partial charge in [-0.25, -0.2) is 0 Å². The van der Waals surface area contributed by atoms with Gasteiger partial charge in [-0.2, -0.15) is 0 Å². The monoisotopic (exact) mass is 369 g/mol. The molecule has 5 nitrogen and oxygen atoms in total. The fourth-order valence-corrected chi connectivity index (χ4v) is 4.25. The summed E-state index contributed by atoms with van der Waals surface area (Å²) in [5, 5.41) is 0. The Morgan fingerprint density at radius 1 is 1.19 bits per heavy atom. The molecule has 0 amide bonds. The highest BCUT2D eigenvalue weighted by Crippen LogP contribution is 2.26. The number of rotatable bonds is 7. The summed E-state index contributed by atoms with van der Waals surface area (Å²) in [6.45, 7) is 8.51. The first kappa shape index (κ1) is 18.7. The third-order valence-corrected chi connectivity index (χ3v) is 5.74. The highest BCUT2D eigenvalue weighted by Gasteiger charge is 2.24. The summed E-state index contributed by atoms with van der Waals surface area (Å²) in [5.74, 6) is 0.677. The molecule has 2 aliphatic rings. The van der Waals surface area contributed by atoms with Gasteiger partial charge in [0.25, 0.3) is 0 Å². The van der Waals surface area contributed by atoms with Gasteiger partial charge in [0, 0.05) is 69.7 Å². The fourth-order valence-electron chi connectivity index (χ4n) is 4.25. The Balaban J connectivity index is 1.31. The first-order valence-electron chi connectivity index (χ1n) is 10.2. The topological polar surface area (TPSA) is 39.5 Å². The third-order valence-electron chi connectivity index (χ3n) is 5.74. The molecule has 0 radical (unpaired) electrons. The highest BCUT2D eigenvalue weighted by molar-refractivity contribution is 5.13. The van der Waals surface area contributed by atoms with Crippen LogP contribution in [0.4, 0.5) is 0 Å². The van der Waals surface area contributed by atoms with Gasteiger partial charge in [-0.3, -0.25) is 9.88 Å². The van der Waals surface area contributed by atoms with E-state index in [1.165, 1.54) is 5.69 Å². The largest absolute Gasteiger partial charge is 0.381 e. The normalized spacial score (nSPS) is 21.3. The lowest BCUT2D eigenvalue weighted by Crippen LogP contribution is -2.37. The molecule has 0 spiro atoms. The molecule has 4 rings (SSSR count). The first-order chi connectivity index (χ1) is 13.3. The van der Waals surface area contributed by atoms with Crippen molar-refractivity contribution in [1.29, 1.82) is 0 Å². The molecule has 27 heavy (non-hydrogen) atoms. The zero-order valence-electron chi connectivity index (χ0n) is 16.3. The van der Waals surface area contributed by atoms with E-state index < -0.39 is 0 Å². The minimum Gasteiger partial charge on any atom is -0.381 e. The fraction of sp³-hybridized carbons (Fsp3) is 0.591. The van der Waals surface area contributed by atoms with E-state index in [9.17, 15) is 0 Å². The van der Waals surface area contributed by atoms with Gasteiger partial charge in [-0.15, -0.1) is 0 Å².